The van der Waals surface area contributed by atoms with Crippen LogP contribution in [0.15, 0.2) is 58.3 Å². The van der Waals surface area contributed by atoms with E-state index in [2.05, 4.69) is 13.8 Å². The Hall–Kier alpha value is -1.12. The first-order chi connectivity index (χ1) is 25.1. The summed E-state index contributed by atoms with van der Waals surface area (Å²) >= 11 is 0. The number of aryl methyl sites for hydroxylation is 2. The van der Waals surface area contributed by atoms with E-state index in [0.717, 1.165) is 36.8 Å². The molecule has 0 amide bonds. The van der Waals surface area contributed by atoms with Gasteiger partial charge in [-0.05, 0) is 61.1 Å². The van der Waals surface area contributed by atoms with Gasteiger partial charge in [-0.15, -0.1) is 0 Å². The zero-order valence-electron chi connectivity index (χ0n) is 33.8. The van der Waals surface area contributed by atoms with Crippen molar-refractivity contribution in [2.75, 3.05) is 0 Å². The molecule has 0 heterocycles. The summed E-state index contributed by atoms with van der Waals surface area (Å²) in [6, 6.07) is 12.9. The fourth-order valence-electron chi connectivity index (χ4n) is 6.76. The first-order valence-corrected chi connectivity index (χ1v) is 24.0. The average molecular weight is 829 g/mol. The van der Waals surface area contributed by atoms with Crippen molar-refractivity contribution in [1.29, 1.82) is 0 Å². The molecule has 0 aliphatic heterocycles. The van der Waals surface area contributed by atoms with E-state index in [-0.39, 0.29) is 29.3 Å². The van der Waals surface area contributed by atoms with Crippen LogP contribution in [0.25, 0.3) is 0 Å². The van der Waals surface area contributed by atoms with Gasteiger partial charge < -0.3 is 9.11 Å². The van der Waals surface area contributed by atoms with E-state index in [4.69, 9.17) is 0 Å². The van der Waals surface area contributed by atoms with Crippen molar-refractivity contribution in [3.05, 3.63) is 59.7 Å². The first-order valence-electron chi connectivity index (χ1n) is 21.2. The molecule has 0 radical (unpaired) electrons. The Morgan fingerprint density at radius 3 is 0.830 bits per heavy atom. The van der Waals surface area contributed by atoms with Gasteiger partial charge in [-0.1, -0.05) is 205 Å². The molecular weight excluding hydrogens is 754 g/mol. The Kier molecular flexibility index (Phi) is 33.4. The van der Waals surface area contributed by atoms with Crippen LogP contribution in [0.3, 0.4) is 0 Å². The molecule has 6 nitrogen and oxygen atoms in total. The maximum absolute atomic E-state index is 11.0. The Labute approximate surface area is 339 Å². The van der Waals surface area contributed by atoms with Crippen molar-refractivity contribution in [2.24, 2.45) is 0 Å². The second kappa shape index (κ2) is 34.2. The van der Waals surface area contributed by atoms with Gasteiger partial charge in [0.05, 0.1) is 9.79 Å². The largest absolute Gasteiger partial charge is 2.00 e. The van der Waals surface area contributed by atoms with E-state index in [0.29, 0.717) is 0 Å². The minimum atomic E-state index is -4.33. The van der Waals surface area contributed by atoms with Gasteiger partial charge in [0.1, 0.15) is 20.2 Å². The van der Waals surface area contributed by atoms with Crippen LogP contribution in [-0.4, -0.2) is 25.9 Å². The van der Waals surface area contributed by atoms with Crippen LogP contribution in [0.4, 0.5) is 0 Å². The fraction of sp³-hybridized carbons (Fsp3) is 0.727. The maximum atomic E-state index is 11.0. The third-order valence-corrected chi connectivity index (χ3v) is 11.7. The molecule has 0 spiro atoms. The zero-order chi connectivity index (χ0) is 38.2. The van der Waals surface area contributed by atoms with Gasteiger partial charge in [0.2, 0.25) is 0 Å². The van der Waals surface area contributed by atoms with Crippen molar-refractivity contribution < 1.29 is 45.4 Å². The van der Waals surface area contributed by atoms with Crippen LogP contribution >= 0.6 is 0 Å². The molecule has 0 aliphatic rings. The third kappa shape index (κ3) is 30.7. The zero-order valence-corrected chi connectivity index (χ0v) is 38.4. The van der Waals surface area contributed by atoms with Gasteiger partial charge in [-0.3, -0.25) is 0 Å². The van der Waals surface area contributed by atoms with Gasteiger partial charge >= 0.3 is 19.5 Å². The van der Waals surface area contributed by atoms with Crippen molar-refractivity contribution >= 4 is 20.2 Å². The van der Waals surface area contributed by atoms with E-state index in [1.165, 1.54) is 191 Å². The molecule has 0 bridgehead atoms. The molecule has 53 heavy (non-hydrogen) atoms. The van der Waals surface area contributed by atoms with Crippen LogP contribution < -0.4 is 0 Å². The third-order valence-electron chi connectivity index (χ3n) is 10.0. The molecule has 9 heteroatoms. The van der Waals surface area contributed by atoms with Gasteiger partial charge in [-0.2, -0.15) is 0 Å². The number of unbranched alkanes of at least 4 members (excludes halogenated alkanes) is 26. The maximum Gasteiger partial charge on any atom is 2.00 e. The number of hydrogen-bond acceptors (Lipinski definition) is 6. The minimum Gasteiger partial charge on any atom is -0.744 e. The molecule has 0 N–H and O–H groups in total. The van der Waals surface area contributed by atoms with Crippen LogP contribution in [0.5, 0.6) is 0 Å². The number of benzene rings is 2. The summed E-state index contributed by atoms with van der Waals surface area (Å²) in [5.74, 6) is 0. The molecule has 0 fully saturated rings. The summed E-state index contributed by atoms with van der Waals surface area (Å²) in [5.41, 5.74) is 1.89. The van der Waals surface area contributed by atoms with Gasteiger partial charge in [0.15, 0.2) is 0 Å². The Balaban J connectivity index is 0.00000100. The Bertz CT molecular complexity index is 1240. The van der Waals surface area contributed by atoms with Gasteiger partial charge in [0, 0.05) is 0 Å². The molecular formula is C44H74O6S2Zn. The standard InChI is InChI=1S/2C22H38O3S.Zn/c2*1-2-3-4-5-6-7-8-9-10-11-12-13-14-15-17-21-18-16-19-22(20-21)26(23,24)25;/h2*16,18-20H,2-15,17H2,1H3,(H,23,24,25);/q;;+2/p-2. The fourth-order valence-corrected chi connectivity index (χ4v) is 7.84. The van der Waals surface area contributed by atoms with E-state index in [1.54, 1.807) is 12.1 Å². The summed E-state index contributed by atoms with van der Waals surface area (Å²) in [5, 5.41) is 0. The monoisotopic (exact) mass is 826 g/mol. The molecule has 300 valence electrons. The first kappa shape index (κ1) is 51.9. The predicted octanol–water partition coefficient (Wildman–Crippen LogP) is 13.2. The number of rotatable bonds is 32. The van der Waals surface area contributed by atoms with Crippen LogP contribution in [-0.2, 0) is 52.6 Å². The second-order valence-corrected chi connectivity index (χ2v) is 17.7. The molecule has 0 unspecified atom stereocenters. The molecule has 0 atom stereocenters. The molecule has 0 aromatic heterocycles. The quantitative estimate of drug-likeness (QED) is 0.0412. The van der Waals surface area contributed by atoms with Gasteiger partial charge in [0.25, 0.3) is 0 Å². The molecule has 2 aromatic rings. The summed E-state index contributed by atoms with van der Waals surface area (Å²) < 4.78 is 66.2. The van der Waals surface area contributed by atoms with E-state index >= 15 is 0 Å². The van der Waals surface area contributed by atoms with E-state index < -0.39 is 20.2 Å². The van der Waals surface area contributed by atoms with Gasteiger partial charge in [-0.25, -0.2) is 16.8 Å². The number of hydrogen-bond donors (Lipinski definition) is 0. The molecule has 0 saturated heterocycles. The van der Waals surface area contributed by atoms with Crippen LogP contribution in [0.1, 0.15) is 205 Å². The van der Waals surface area contributed by atoms with E-state index in [1.807, 2.05) is 12.1 Å². The van der Waals surface area contributed by atoms with Crippen molar-refractivity contribution in [2.45, 2.75) is 216 Å². The second-order valence-electron chi connectivity index (χ2n) is 14.9. The smallest absolute Gasteiger partial charge is 0.744 e. The predicted molar refractivity (Wildman–Crippen MR) is 217 cm³/mol. The Morgan fingerprint density at radius 2 is 0.604 bits per heavy atom. The van der Waals surface area contributed by atoms with Crippen molar-refractivity contribution in [3.8, 4) is 0 Å². The normalized spacial score (nSPS) is 11.5. The van der Waals surface area contributed by atoms with Crippen molar-refractivity contribution in [3.63, 3.8) is 0 Å². The minimum absolute atomic E-state index is 0. The van der Waals surface area contributed by atoms with Crippen molar-refractivity contribution in [1.82, 2.24) is 0 Å². The topological polar surface area (TPSA) is 114 Å². The average Bonchev–Trinajstić information content (AvgIpc) is 3.12. The van der Waals surface area contributed by atoms with Crippen LogP contribution in [0.2, 0.25) is 0 Å². The molecule has 0 saturated carbocycles. The summed E-state index contributed by atoms with van der Waals surface area (Å²) in [6.45, 7) is 4.53. The van der Waals surface area contributed by atoms with Crippen LogP contribution in [0, 0.1) is 0 Å². The molecule has 2 rings (SSSR count). The molecule has 0 aliphatic carbocycles. The SMILES string of the molecule is CCCCCCCCCCCCCCCCc1cccc(S(=O)(=O)[O-])c1.CCCCCCCCCCCCCCCCc1cccc(S(=O)(=O)[O-])c1.[Zn+2]. The molecule has 2 aromatic carbocycles. The van der Waals surface area contributed by atoms with E-state index in [9.17, 15) is 25.9 Å². The summed E-state index contributed by atoms with van der Waals surface area (Å²) in [7, 11) is -8.67. The summed E-state index contributed by atoms with van der Waals surface area (Å²) in [4.78, 5) is -0.222. The summed E-state index contributed by atoms with van der Waals surface area (Å²) in [6.07, 6.45) is 38.9. The Morgan fingerprint density at radius 1 is 0.377 bits per heavy atom.